The van der Waals surface area contributed by atoms with Crippen LogP contribution in [0.15, 0.2) is 28.7 Å². The summed E-state index contributed by atoms with van der Waals surface area (Å²) in [4.78, 5) is 11.3. The Morgan fingerprint density at radius 2 is 2.27 bits per heavy atom. The van der Waals surface area contributed by atoms with E-state index in [1.807, 2.05) is 24.3 Å². The highest BCUT2D eigenvalue weighted by molar-refractivity contribution is 9.10. The molecule has 0 bridgehead atoms. The molecule has 0 atom stereocenters. The predicted molar refractivity (Wildman–Crippen MR) is 65.8 cm³/mol. The number of halogens is 1. The van der Waals surface area contributed by atoms with E-state index in [9.17, 15) is 4.79 Å². The molecule has 0 saturated carbocycles. The van der Waals surface area contributed by atoms with E-state index in [1.165, 1.54) is 5.56 Å². The normalized spacial score (nSPS) is 10.0. The number of hydrogen-bond acceptors (Lipinski definition) is 1. The van der Waals surface area contributed by atoms with E-state index in [4.69, 9.17) is 0 Å². The Bertz CT molecular complexity index is 325. The minimum atomic E-state index is 0.136. The maximum atomic E-state index is 11.3. The maximum Gasteiger partial charge on any atom is 0.220 e. The van der Waals surface area contributed by atoms with Gasteiger partial charge in [-0.1, -0.05) is 35.0 Å². The summed E-state index contributed by atoms with van der Waals surface area (Å²) >= 11 is 3.41. The Balaban J connectivity index is 2.33. The molecule has 0 saturated heterocycles. The van der Waals surface area contributed by atoms with Crippen LogP contribution in [0.25, 0.3) is 0 Å². The Kier molecular flexibility index (Phi) is 5.40. The van der Waals surface area contributed by atoms with Crippen molar-refractivity contribution in [1.29, 1.82) is 0 Å². The molecule has 0 fully saturated rings. The van der Waals surface area contributed by atoms with Crippen LogP contribution in [0.5, 0.6) is 0 Å². The van der Waals surface area contributed by atoms with E-state index in [2.05, 4.69) is 28.2 Å². The van der Waals surface area contributed by atoms with Crippen LogP contribution >= 0.6 is 15.9 Å². The maximum absolute atomic E-state index is 11.3. The molecular formula is C12H16BrNO. The zero-order chi connectivity index (χ0) is 11.1. The first-order valence-corrected chi connectivity index (χ1v) is 6.03. The van der Waals surface area contributed by atoms with Gasteiger partial charge in [-0.05, 0) is 30.5 Å². The van der Waals surface area contributed by atoms with E-state index in [0.29, 0.717) is 6.42 Å². The lowest BCUT2D eigenvalue weighted by molar-refractivity contribution is -0.121. The molecule has 0 spiro atoms. The van der Waals surface area contributed by atoms with Crippen molar-refractivity contribution in [3.05, 3.63) is 34.3 Å². The molecular weight excluding hydrogens is 254 g/mol. The molecule has 0 aromatic heterocycles. The second-order valence-electron chi connectivity index (χ2n) is 3.48. The zero-order valence-corrected chi connectivity index (χ0v) is 10.5. The fraction of sp³-hybridized carbons (Fsp3) is 0.417. The highest BCUT2D eigenvalue weighted by Gasteiger charge is 2.01. The van der Waals surface area contributed by atoms with Crippen molar-refractivity contribution < 1.29 is 4.79 Å². The second kappa shape index (κ2) is 6.62. The molecule has 2 nitrogen and oxygen atoms in total. The van der Waals surface area contributed by atoms with Gasteiger partial charge in [0.25, 0.3) is 0 Å². The summed E-state index contributed by atoms with van der Waals surface area (Å²) in [5.41, 5.74) is 1.19. The third-order valence-corrected chi connectivity index (χ3v) is 2.60. The van der Waals surface area contributed by atoms with Crippen molar-refractivity contribution in [3.8, 4) is 0 Å². The van der Waals surface area contributed by atoms with Crippen molar-refractivity contribution >= 4 is 21.8 Å². The van der Waals surface area contributed by atoms with Crippen LogP contribution in [0, 0.1) is 0 Å². The smallest absolute Gasteiger partial charge is 0.220 e. The van der Waals surface area contributed by atoms with Gasteiger partial charge in [0.15, 0.2) is 0 Å². The van der Waals surface area contributed by atoms with Gasteiger partial charge in [0, 0.05) is 17.4 Å². The molecule has 0 unspecified atom stereocenters. The molecule has 1 aromatic rings. The molecule has 0 aliphatic heterocycles. The molecule has 1 amide bonds. The minimum Gasteiger partial charge on any atom is -0.356 e. The van der Waals surface area contributed by atoms with Crippen molar-refractivity contribution in [1.82, 2.24) is 5.32 Å². The highest BCUT2D eigenvalue weighted by Crippen LogP contribution is 2.12. The lowest BCUT2D eigenvalue weighted by Gasteiger charge is -2.03. The van der Waals surface area contributed by atoms with Crippen LogP contribution in [-0.2, 0) is 11.2 Å². The number of nitrogens with one attached hydrogen (secondary N) is 1. The average Bonchev–Trinajstić information content (AvgIpc) is 2.23. The van der Waals surface area contributed by atoms with E-state index in [1.54, 1.807) is 0 Å². The molecule has 0 radical (unpaired) electrons. The molecule has 1 N–H and O–H groups in total. The van der Waals surface area contributed by atoms with Crippen molar-refractivity contribution in [3.63, 3.8) is 0 Å². The number of amides is 1. The number of hydrogen-bond donors (Lipinski definition) is 1. The number of carbonyl (C=O) groups is 1. The van der Waals surface area contributed by atoms with Gasteiger partial charge < -0.3 is 5.32 Å². The van der Waals surface area contributed by atoms with Crippen molar-refractivity contribution in [2.45, 2.75) is 26.2 Å². The molecule has 1 aromatic carbocycles. The molecule has 0 heterocycles. The fourth-order valence-electron chi connectivity index (χ4n) is 1.30. The van der Waals surface area contributed by atoms with Gasteiger partial charge in [0.2, 0.25) is 5.91 Å². The SMILES string of the molecule is CCCNC(=O)CCc1cccc(Br)c1. The molecule has 15 heavy (non-hydrogen) atoms. The number of benzene rings is 1. The summed E-state index contributed by atoms with van der Waals surface area (Å²) in [6.07, 6.45) is 2.36. The number of carbonyl (C=O) groups excluding carboxylic acids is 1. The predicted octanol–water partition coefficient (Wildman–Crippen LogP) is 2.91. The largest absolute Gasteiger partial charge is 0.356 e. The molecule has 82 valence electrons. The third kappa shape index (κ3) is 4.98. The van der Waals surface area contributed by atoms with Crippen molar-refractivity contribution in [2.75, 3.05) is 6.54 Å². The number of rotatable bonds is 5. The quantitative estimate of drug-likeness (QED) is 0.875. The zero-order valence-electron chi connectivity index (χ0n) is 8.92. The van der Waals surface area contributed by atoms with Gasteiger partial charge in [-0.15, -0.1) is 0 Å². The first-order valence-electron chi connectivity index (χ1n) is 5.23. The number of aryl methyl sites for hydroxylation is 1. The highest BCUT2D eigenvalue weighted by atomic mass is 79.9. The molecule has 1 rings (SSSR count). The van der Waals surface area contributed by atoms with E-state index in [-0.39, 0.29) is 5.91 Å². The van der Waals surface area contributed by atoms with Crippen LogP contribution in [0.3, 0.4) is 0 Å². The van der Waals surface area contributed by atoms with Gasteiger partial charge >= 0.3 is 0 Å². The molecule has 3 heteroatoms. The Hall–Kier alpha value is -0.830. The van der Waals surface area contributed by atoms with Crippen molar-refractivity contribution in [2.24, 2.45) is 0 Å². The fourth-order valence-corrected chi connectivity index (χ4v) is 1.75. The van der Waals surface area contributed by atoms with Crippen LogP contribution < -0.4 is 5.32 Å². The van der Waals surface area contributed by atoms with E-state index < -0.39 is 0 Å². The summed E-state index contributed by atoms with van der Waals surface area (Å²) in [5, 5.41) is 2.87. The minimum absolute atomic E-state index is 0.136. The summed E-state index contributed by atoms with van der Waals surface area (Å²) in [6.45, 7) is 2.83. The lowest BCUT2D eigenvalue weighted by atomic mass is 10.1. The van der Waals surface area contributed by atoms with Gasteiger partial charge in [0.05, 0.1) is 0 Å². The summed E-state index contributed by atoms with van der Waals surface area (Å²) in [6, 6.07) is 8.06. The van der Waals surface area contributed by atoms with Gasteiger partial charge in [0.1, 0.15) is 0 Å². The van der Waals surface area contributed by atoms with Gasteiger partial charge in [-0.3, -0.25) is 4.79 Å². The summed E-state index contributed by atoms with van der Waals surface area (Å²) in [5.74, 6) is 0.136. The van der Waals surface area contributed by atoms with Crippen LogP contribution in [-0.4, -0.2) is 12.5 Å². The Labute approximate surface area is 99.2 Å². The van der Waals surface area contributed by atoms with Crippen LogP contribution in [0.2, 0.25) is 0 Å². The third-order valence-electron chi connectivity index (χ3n) is 2.10. The topological polar surface area (TPSA) is 29.1 Å². The van der Waals surface area contributed by atoms with Gasteiger partial charge in [-0.25, -0.2) is 0 Å². The first-order chi connectivity index (χ1) is 7.22. The Morgan fingerprint density at radius 3 is 2.93 bits per heavy atom. The first kappa shape index (κ1) is 12.2. The van der Waals surface area contributed by atoms with E-state index >= 15 is 0 Å². The standard InChI is InChI=1S/C12H16BrNO/c1-2-8-14-12(15)7-6-10-4-3-5-11(13)9-10/h3-5,9H,2,6-8H2,1H3,(H,14,15). The second-order valence-corrected chi connectivity index (χ2v) is 4.40. The van der Waals surface area contributed by atoms with E-state index in [0.717, 1.165) is 23.9 Å². The average molecular weight is 270 g/mol. The Morgan fingerprint density at radius 1 is 1.47 bits per heavy atom. The summed E-state index contributed by atoms with van der Waals surface area (Å²) < 4.78 is 1.06. The molecule has 0 aliphatic carbocycles. The lowest BCUT2D eigenvalue weighted by Crippen LogP contribution is -2.24. The summed E-state index contributed by atoms with van der Waals surface area (Å²) in [7, 11) is 0. The molecule has 0 aliphatic rings. The monoisotopic (exact) mass is 269 g/mol. The van der Waals surface area contributed by atoms with Crippen LogP contribution in [0.1, 0.15) is 25.3 Å². The van der Waals surface area contributed by atoms with Crippen LogP contribution in [0.4, 0.5) is 0 Å². The van der Waals surface area contributed by atoms with Gasteiger partial charge in [-0.2, -0.15) is 0 Å².